The zero-order valence-corrected chi connectivity index (χ0v) is 13.2. The lowest BCUT2D eigenvalue weighted by atomic mass is 9.97. The molecule has 0 spiro atoms. The molecule has 21 heavy (non-hydrogen) atoms. The lowest BCUT2D eigenvalue weighted by Gasteiger charge is -2.14. The SMILES string of the molecule is CCCc1cccc(C(N)c2cccc(S(C)(=O)=O)c2)c1. The van der Waals surface area contributed by atoms with Gasteiger partial charge in [0.2, 0.25) is 0 Å². The summed E-state index contributed by atoms with van der Waals surface area (Å²) in [7, 11) is -3.21. The predicted molar refractivity (Wildman–Crippen MR) is 86.0 cm³/mol. The third-order valence-corrected chi connectivity index (χ3v) is 4.60. The highest BCUT2D eigenvalue weighted by molar-refractivity contribution is 7.90. The van der Waals surface area contributed by atoms with Gasteiger partial charge in [-0.25, -0.2) is 8.42 Å². The first-order valence-corrected chi connectivity index (χ1v) is 8.95. The van der Waals surface area contributed by atoms with Crippen LogP contribution in [0.15, 0.2) is 53.4 Å². The molecule has 1 unspecified atom stereocenters. The summed E-state index contributed by atoms with van der Waals surface area (Å²) in [6, 6.07) is 14.7. The van der Waals surface area contributed by atoms with E-state index in [0.717, 1.165) is 24.0 Å². The number of sulfone groups is 1. The van der Waals surface area contributed by atoms with Crippen LogP contribution in [0.1, 0.15) is 36.1 Å². The Morgan fingerprint density at radius 3 is 2.29 bits per heavy atom. The monoisotopic (exact) mass is 303 g/mol. The summed E-state index contributed by atoms with van der Waals surface area (Å²) in [5, 5.41) is 0. The molecule has 0 heterocycles. The van der Waals surface area contributed by atoms with Crippen LogP contribution in [0.2, 0.25) is 0 Å². The van der Waals surface area contributed by atoms with E-state index in [9.17, 15) is 8.42 Å². The predicted octanol–water partition coefficient (Wildman–Crippen LogP) is 3.09. The van der Waals surface area contributed by atoms with E-state index in [4.69, 9.17) is 5.73 Å². The van der Waals surface area contributed by atoms with Gasteiger partial charge < -0.3 is 5.73 Å². The maximum atomic E-state index is 11.6. The van der Waals surface area contributed by atoms with Crippen molar-refractivity contribution in [3.8, 4) is 0 Å². The minimum absolute atomic E-state index is 0.306. The summed E-state index contributed by atoms with van der Waals surface area (Å²) in [5.74, 6) is 0. The highest BCUT2D eigenvalue weighted by atomic mass is 32.2. The maximum absolute atomic E-state index is 11.6. The maximum Gasteiger partial charge on any atom is 0.175 e. The van der Waals surface area contributed by atoms with Crippen LogP contribution in [0.5, 0.6) is 0 Å². The van der Waals surface area contributed by atoms with Crippen molar-refractivity contribution in [1.82, 2.24) is 0 Å². The van der Waals surface area contributed by atoms with Gasteiger partial charge in [-0.2, -0.15) is 0 Å². The van der Waals surface area contributed by atoms with Gasteiger partial charge in [0.05, 0.1) is 10.9 Å². The van der Waals surface area contributed by atoms with Gasteiger partial charge in [0.1, 0.15) is 0 Å². The Balaban J connectivity index is 2.36. The highest BCUT2D eigenvalue weighted by Gasteiger charge is 2.13. The zero-order valence-electron chi connectivity index (χ0n) is 12.4. The Kier molecular flexibility index (Phi) is 4.80. The summed E-state index contributed by atoms with van der Waals surface area (Å²) in [6.45, 7) is 2.14. The van der Waals surface area contributed by atoms with Gasteiger partial charge >= 0.3 is 0 Å². The molecular weight excluding hydrogens is 282 g/mol. The number of nitrogens with two attached hydrogens (primary N) is 1. The topological polar surface area (TPSA) is 60.2 Å². The quantitative estimate of drug-likeness (QED) is 0.923. The van der Waals surface area contributed by atoms with Gasteiger partial charge in [-0.1, -0.05) is 49.7 Å². The van der Waals surface area contributed by atoms with Crippen LogP contribution in [-0.2, 0) is 16.3 Å². The molecule has 4 heteroatoms. The molecule has 0 saturated heterocycles. The molecule has 2 N–H and O–H groups in total. The number of hydrogen-bond donors (Lipinski definition) is 1. The number of benzene rings is 2. The molecule has 0 aliphatic heterocycles. The summed E-state index contributed by atoms with van der Waals surface area (Å²) in [6.07, 6.45) is 3.31. The van der Waals surface area contributed by atoms with E-state index in [0.29, 0.717) is 4.90 Å². The van der Waals surface area contributed by atoms with Crippen molar-refractivity contribution in [2.75, 3.05) is 6.26 Å². The molecule has 2 aromatic rings. The Labute approximate surface area is 126 Å². The van der Waals surface area contributed by atoms with Gasteiger partial charge in [-0.05, 0) is 35.2 Å². The first-order chi connectivity index (χ1) is 9.91. The highest BCUT2D eigenvalue weighted by Crippen LogP contribution is 2.23. The standard InChI is InChI=1S/C17H21NO2S/c1-3-6-13-7-4-8-14(11-13)17(18)15-9-5-10-16(12-15)21(2,19)20/h4-5,7-12,17H,3,6,18H2,1-2H3. The van der Waals surface area contributed by atoms with Crippen LogP contribution >= 0.6 is 0 Å². The van der Waals surface area contributed by atoms with E-state index in [1.807, 2.05) is 18.2 Å². The molecule has 0 aliphatic carbocycles. The van der Waals surface area contributed by atoms with Crippen molar-refractivity contribution in [3.05, 3.63) is 65.2 Å². The second kappa shape index (κ2) is 6.41. The molecule has 0 aromatic heterocycles. The molecule has 0 bridgehead atoms. The Bertz CT molecular complexity index is 723. The Morgan fingerprint density at radius 1 is 1.05 bits per heavy atom. The minimum atomic E-state index is -3.21. The smallest absolute Gasteiger partial charge is 0.175 e. The van der Waals surface area contributed by atoms with Crippen LogP contribution in [0.25, 0.3) is 0 Å². The van der Waals surface area contributed by atoms with Gasteiger partial charge in [-0.15, -0.1) is 0 Å². The minimum Gasteiger partial charge on any atom is -0.320 e. The average Bonchev–Trinajstić information content (AvgIpc) is 2.46. The van der Waals surface area contributed by atoms with Crippen molar-refractivity contribution >= 4 is 9.84 Å². The van der Waals surface area contributed by atoms with E-state index in [1.165, 1.54) is 11.8 Å². The largest absolute Gasteiger partial charge is 0.320 e. The lowest BCUT2D eigenvalue weighted by Crippen LogP contribution is -2.13. The molecule has 3 nitrogen and oxygen atoms in total. The summed E-state index contributed by atoms with van der Waals surface area (Å²) >= 11 is 0. The van der Waals surface area contributed by atoms with E-state index < -0.39 is 9.84 Å². The fourth-order valence-electron chi connectivity index (χ4n) is 2.36. The molecular formula is C17H21NO2S. The van der Waals surface area contributed by atoms with Gasteiger partial charge in [0, 0.05) is 6.26 Å². The summed E-state index contributed by atoms with van der Waals surface area (Å²) in [5.41, 5.74) is 9.37. The molecule has 2 rings (SSSR count). The number of hydrogen-bond acceptors (Lipinski definition) is 3. The number of rotatable bonds is 5. The fourth-order valence-corrected chi connectivity index (χ4v) is 3.04. The first kappa shape index (κ1) is 15.7. The van der Waals surface area contributed by atoms with Crippen molar-refractivity contribution < 1.29 is 8.42 Å². The first-order valence-electron chi connectivity index (χ1n) is 7.06. The molecule has 0 fully saturated rings. The van der Waals surface area contributed by atoms with Gasteiger partial charge in [-0.3, -0.25) is 0 Å². The van der Waals surface area contributed by atoms with Crippen LogP contribution in [0.3, 0.4) is 0 Å². The van der Waals surface area contributed by atoms with Crippen LogP contribution in [-0.4, -0.2) is 14.7 Å². The van der Waals surface area contributed by atoms with E-state index >= 15 is 0 Å². The van der Waals surface area contributed by atoms with Crippen LogP contribution in [0, 0.1) is 0 Å². The zero-order chi connectivity index (χ0) is 15.5. The van der Waals surface area contributed by atoms with E-state index in [2.05, 4.69) is 19.1 Å². The summed E-state index contributed by atoms with van der Waals surface area (Å²) in [4.78, 5) is 0.306. The molecule has 0 saturated carbocycles. The average molecular weight is 303 g/mol. The third-order valence-electron chi connectivity index (χ3n) is 3.49. The second-order valence-corrected chi connectivity index (χ2v) is 7.33. The Morgan fingerprint density at radius 2 is 1.67 bits per heavy atom. The van der Waals surface area contributed by atoms with Crippen LogP contribution < -0.4 is 5.73 Å². The van der Waals surface area contributed by atoms with Crippen molar-refractivity contribution in [2.24, 2.45) is 5.73 Å². The van der Waals surface area contributed by atoms with Crippen molar-refractivity contribution in [1.29, 1.82) is 0 Å². The third kappa shape index (κ3) is 3.93. The molecule has 1 atom stereocenters. The molecule has 0 amide bonds. The normalized spacial score (nSPS) is 13.1. The van der Waals surface area contributed by atoms with Crippen molar-refractivity contribution in [2.45, 2.75) is 30.7 Å². The van der Waals surface area contributed by atoms with Crippen LogP contribution in [0.4, 0.5) is 0 Å². The molecule has 112 valence electrons. The van der Waals surface area contributed by atoms with Gasteiger partial charge in [0.25, 0.3) is 0 Å². The Hall–Kier alpha value is -1.65. The molecule has 2 aromatic carbocycles. The number of aryl methyl sites for hydroxylation is 1. The van der Waals surface area contributed by atoms with E-state index in [1.54, 1.807) is 18.2 Å². The summed E-state index contributed by atoms with van der Waals surface area (Å²) < 4.78 is 23.3. The lowest BCUT2D eigenvalue weighted by molar-refractivity contribution is 0.601. The van der Waals surface area contributed by atoms with E-state index in [-0.39, 0.29) is 6.04 Å². The molecule has 0 radical (unpaired) electrons. The second-order valence-electron chi connectivity index (χ2n) is 5.32. The van der Waals surface area contributed by atoms with Crippen molar-refractivity contribution in [3.63, 3.8) is 0 Å². The molecule has 0 aliphatic rings. The fraction of sp³-hybridized carbons (Fsp3) is 0.294. The van der Waals surface area contributed by atoms with Gasteiger partial charge in [0.15, 0.2) is 9.84 Å².